The van der Waals surface area contributed by atoms with Crippen LogP contribution in [0.5, 0.6) is 5.75 Å². The molecule has 0 saturated heterocycles. The van der Waals surface area contributed by atoms with Crippen molar-refractivity contribution >= 4 is 23.2 Å². The van der Waals surface area contributed by atoms with Gasteiger partial charge in [0.05, 0.1) is 20.3 Å². The van der Waals surface area contributed by atoms with Crippen molar-refractivity contribution in [2.45, 2.75) is 26.0 Å². The van der Waals surface area contributed by atoms with Crippen LogP contribution in [0.4, 0.5) is 0 Å². The van der Waals surface area contributed by atoms with E-state index in [2.05, 4.69) is 24.4 Å². The van der Waals surface area contributed by atoms with Gasteiger partial charge in [-0.3, -0.25) is 4.79 Å². The zero-order chi connectivity index (χ0) is 19.9. The molecule has 1 atom stereocenters. The minimum atomic E-state index is -0.760. The van der Waals surface area contributed by atoms with Crippen LogP contribution < -0.4 is 10.1 Å². The summed E-state index contributed by atoms with van der Waals surface area (Å²) in [6.45, 7) is 2.55. The molecular formula is C22H23NO5. The molecule has 6 nitrogen and oxygen atoms in total. The van der Waals surface area contributed by atoms with Gasteiger partial charge in [-0.1, -0.05) is 31.2 Å². The molecule has 0 aliphatic rings. The lowest BCUT2D eigenvalue weighted by atomic mass is 10.1. The molecule has 0 bridgehead atoms. The van der Waals surface area contributed by atoms with Gasteiger partial charge in [-0.15, -0.1) is 0 Å². The second-order valence-electron chi connectivity index (χ2n) is 6.42. The molecule has 0 radical (unpaired) electrons. The zero-order valence-electron chi connectivity index (χ0n) is 15.9. The smallest absolute Gasteiger partial charge is 0.287 e. The van der Waals surface area contributed by atoms with Crippen LogP contribution in [0, 0.1) is 0 Å². The number of ether oxygens (including phenoxy) is 2. The normalized spacial score (nSPS) is 11.9. The van der Waals surface area contributed by atoms with E-state index in [-0.39, 0.29) is 12.4 Å². The lowest BCUT2D eigenvalue weighted by Crippen LogP contribution is -2.39. The first-order chi connectivity index (χ1) is 13.6. The van der Waals surface area contributed by atoms with Crippen LogP contribution in [0.2, 0.25) is 0 Å². The first kappa shape index (κ1) is 19.6. The number of hydrogen-bond acceptors (Lipinski definition) is 5. The van der Waals surface area contributed by atoms with Crippen LogP contribution >= 0.6 is 0 Å². The van der Waals surface area contributed by atoms with E-state index < -0.39 is 11.9 Å². The van der Waals surface area contributed by atoms with Crippen molar-refractivity contribution < 1.29 is 23.5 Å². The highest BCUT2D eigenvalue weighted by molar-refractivity contribution is 5.97. The molecule has 1 unspecified atom stereocenters. The molecule has 0 saturated carbocycles. The molecule has 6 heteroatoms. The number of aryl methyl sites for hydroxylation is 1. The predicted octanol–water partition coefficient (Wildman–Crippen LogP) is 3.52. The van der Waals surface area contributed by atoms with E-state index in [1.54, 1.807) is 31.4 Å². The van der Waals surface area contributed by atoms with E-state index >= 15 is 0 Å². The van der Waals surface area contributed by atoms with Crippen LogP contribution in [0.1, 0.15) is 28.6 Å². The Morgan fingerprint density at radius 2 is 2.00 bits per heavy atom. The molecule has 2 aromatic carbocycles. The lowest BCUT2D eigenvalue weighted by molar-refractivity contribution is -0.110. The number of nitrogens with one attached hydrogen (secondary N) is 1. The van der Waals surface area contributed by atoms with Gasteiger partial charge >= 0.3 is 0 Å². The van der Waals surface area contributed by atoms with Gasteiger partial charge in [0.2, 0.25) is 0 Å². The maximum atomic E-state index is 12.4. The molecule has 3 rings (SSSR count). The molecule has 146 valence electrons. The fraction of sp³-hybridized carbons (Fsp3) is 0.273. The average Bonchev–Trinajstić information content (AvgIpc) is 3.16. The number of carbonyl (C=O) groups is 2. The maximum absolute atomic E-state index is 12.4. The van der Waals surface area contributed by atoms with Crippen molar-refractivity contribution in [3.8, 4) is 5.75 Å². The summed E-state index contributed by atoms with van der Waals surface area (Å²) < 4.78 is 16.3. The third-order valence-corrected chi connectivity index (χ3v) is 4.39. The molecule has 28 heavy (non-hydrogen) atoms. The molecular weight excluding hydrogens is 358 g/mol. The molecule has 1 heterocycles. The molecule has 1 amide bonds. The Bertz CT molecular complexity index is 962. The Hall–Kier alpha value is -3.12. The zero-order valence-corrected chi connectivity index (χ0v) is 15.9. The topological polar surface area (TPSA) is 77.8 Å². The van der Waals surface area contributed by atoms with E-state index in [0.717, 1.165) is 17.4 Å². The fourth-order valence-electron chi connectivity index (χ4n) is 2.86. The summed E-state index contributed by atoms with van der Waals surface area (Å²) in [6.07, 6.45) is 1.61. The first-order valence-corrected chi connectivity index (χ1v) is 9.12. The summed E-state index contributed by atoms with van der Waals surface area (Å²) >= 11 is 0. The van der Waals surface area contributed by atoms with E-state index in [1.165, 1.54) is 5.56 Å². The number of fused-ring (bicyclic) bond motifs is 1. The Balaban J connectivity index is 1.57. The molecule has 0 aliphatic carbocycles. The van der Waals surface area contributed by atoms with Gasteiger partial charge in [0.1, 0.15) is 23.7 Å². The van der Waals surface area contributed by atoms with Crippen LogP contribution in [-0.2, 0) is 22.6 Å². The van der Waals surface area contributed by atoms with Gasteiger partial charge in [0.15, 0.2) is 5.76 Å². The number of amides is 1. The Morgan fingerprint density at radius 1 is 1.18 bits per heavy atom. The summed E-state index contributed by atoms with van der Waals surface area (Å²) in [5.41, 5.74) is 2.82. The van der Waals surface area contributed by atoms with Gasteiger partial charge in [-0.05, 0) is 41.8 Å². The van der Waals surface area contributed by atoms with Crippen molar-refractivity contribution in [1.29, 1.82) is 0 Å². The number of rotatable bonds is 9. The SMILES string of the molecule is CCc1cccc(COCC(C=O)NC(=O)c2cc3cc(OC)ccc3o2)c1. The molecule has 0 aliphatic heterocycles. The standard InChI is InChI=1S/C22H23NO5/c1-3-15-5-4-6-16(9-15)13-27-14-18(12-24)23-22(25)21-11-17-10-19(26-2)7-8-20(17)28-21/h4-12,18H,3,13-14H2,1-2H3,(H,23,25). The number of methoxy groups -OCH3 is 1. The second-order valence-corrected chi connectivity index (χ2v) is 6.42. The predicted molar refractivity (Wildman–Crippen MR) is 106 cm³/mol. The molecule has 0 fully saturated rings. The molecule has 0 spiro atoms. The van der Waals surface area contributed by atoms with E-state index in [1.807, 2.05) is 12.1 Å². The Kier molecular flexibility index (Phi) is 6.45. The van der Waals surface area contributed by atoms with E-state index in [4.69, 9.17) is 13.9 Å². The van der Waals surface area contributed by atoms with Crippen molar-refractivity contribution in [3.05, 3.63) is 65.4 Å². The summed E-state index contributed by atoms with van der Waals surface area (Å²) in [4.78, 5) is 23.7. The highest BCUT2D eigenvalue weighted by Gasteiger charge is 2.17. The summed E-state index contributed by atoms with van der Waals surface area (Å²) in [5, 5.41) is 3.37. The highest BCUT2D eigenvalue weighted by Crippen LogP contribution is 2.24. The van der Waals surface area contributed by atoms with Gasteiger partial charge in [0.25, 0.3) is 5.91 Å². The van der Waals surface area contributed by atoms with Gasteiger partial charge in [-0.2, -0.15) is 0 Å². The molecule has 1 N–H and O–H groups in total. The van der Waals surface area contributed by atoms with Crippen LogP contribution in [-0.4, -0.2) is 32.0 Å². The first-order valence-electron chi connectivity index (χ1n) is 9.12. The van der Waals surface area contributed by atoms with Crippen molar-refractivity contribution in [2.75, 3.05) is 13.7 Å². The van der Waals surface area contributed by atoms with Gasteiger partial charge < -0.3 is 24.0 Å². The second kappa shape index (κ2) is 9.19. The third-order valence-electron chi connectivity index (χ3n) is 4.39. The largest absolute Gasteiger partial charge is 0.497 e. The maximum Gasteiger partial charge on any atom is 0.287 e. The van der Waals surface area contributed by atoms with E-state index in [0.29, 0.717) is 24.2 Å². The van der Waals surface area contributed by atoms with Crippen LogP contribution in [0.3, 0.4) is 0 Å². The van der Waals surface area contributed by atoms with Gasteiger partial charge in [0, 0.05) is 5.39 Å². The summed E-state index contributed by atoms with van der Waals surface area (Å²) in [6, 6.07) is 14.2. The minimum absolute atomic E-state index is 0.0830. The Morgan fingerprint density at radius 3 is 2.75 bits per heavy atom. The molecule has 3 aromatic rings. The Labute approximate surface area is 163 Å². The number of aldehydes is 1. The van der Waals surface area contributed by atoms with Crippen molar-refractivity contribution in [1.82, 2.24) is 5.32 Å². The van der Waals surface area contributed by atoms with Crippen molar-refractivity contribution in [3.63, 3.8) is 0 Å². The summed E-state index contributed by atoms with van der Waals surface area (Å²) in [7, 11) is 1.57. The van der Waals surface area contributed by atoms with Crippen LogP contribution in [0.15, 0.2) is 52.9 Å². The fourth-order valence-corrected chi connectivity index (χ4v) is 2.86. The highest BCUT2D eigenvalue weighted by atomic mass is 16.5. The van der Waals surface area contributed by atoms with E-state index in [9.17, 15) is 9.59 Å². The molecule has 1 aromatic heterocycles. The lowest BCUT2D eigenvalue weighted by Gasteiger charge is -2.12. The van der Waals surface area contributed by atoms with Gasteiger partial charge in [-0.25, -0.2) is 0 Å². The van der Waals surface area contributed by atoms with Crippen LogP contribution in [0.25, 0.3) is 11.0 Å². The third kappa shape index (κ3) is 4.78. The number of carbonyl (C=O) groups excluding carboxylic acids is 2. The number of benzene rings is 2. The monoisotopic (exact) mass is 381 g/mol. The number of hydrogen-bond donors (Lipinski definition) is 1. The summed E-state index contributed by atoms with van der Waals surface area (Å²) in [5.74, 6) is 0.334. The average molecular weight is 381 g/mol. The minimum Gasteiger partial charge on any atom is -0.497 e. The quantitative estimate of drug-likeness (QED) is 0.574. The number of furan rings is 1. The van der Waals surface area contributed by atoms with Crippen molar-refractivity contribution in [2.24, 2.45) is 0 Å².